The van der Waals surface area contributed by atoms with Gasteiger partial charge in [-0.15, -0.1) is 0 Å². The van der Waals surface area contributed by atoms with E-state index in [4.69, 9.17) is 32.7 Å². The van der Waals surface area contributed by atoms with E-state index in [-0.39, 0.29) is 4.65 Å². The molecule has 4 amide bonds. The van der Waals surface area contributed by atoms with Gasteiger partial charge in [0.25, 0.3) is 0 Å². The lowest BCUT2D eigenvalue weighted by atomic mass is 10.3. The van der Waals surface area contributed by atoms with Crippen LogP contribution < -0.4 is 30.7 Å². The Hall–Kier alpha value is -4.80. The molecule has 0 aliphatic rings. The van der Waals surface area contributed by atoms with E-state index in [0.717, 1.165) is 24.4 Å². The van der Waals surface area contributed by atoms with Crippen molar-refractivity contribution in [2.45, 2.75) is 26.7 Å². The first-order valence-electron chi connectivity index (χ1n) is 15.9. The predicted molar refractivity (Wildman–Crippen MR) is 201 cm³/mol. The molecule has 0 atom stereocenters. The number of urea groups is 2. The van der Waals surface area contributed by atoms with E-state index in [1.165, 1.54) is 12.4 Å². The third kappa shape index (κ3) is 16.2. The highest BCUT2D eigenvalue weighted by molar-refractivity contribution is 6.31. The minimum atomic E-state index is -0.493. The summed E-state index contributed by atoms with van der Waals surface area (Å²) in [5, 5.41) is 23.1. The maximum atomic E-state index is 12.2. The van der Waals surface area contributed by atoms with Crippen LogP contribution >= 0.6 is 23.2 Å². The normalized spacial score (nSPS) is 10.9. The van der Waals surface area contributed by atoms with Crippen LogP contribution in [-0.4, -0.2) is 96.0 Å². The number of nitrogens with one attached hydrogen (secondary N) is 4. The number of benzene rings is 2. The number of quaternary nitrogens is 1. The van der Waals surface area contributed by atoms with Gasteiger partial charge in [-0.05, 0) is 70.8 Å². The van der Waals surface area contributed by atoms with Gasteiger partial charge in [0.2, 0.25) is 0 Å². The minimum absolute atomic E-state index is 0.327. The molecule has 2 aromatic carbocycles. The quantitative estimate of drug-likeness (QED) is 0.0607. The van der Waals surface area contributed by atoms with E-state index in [1.807, 2.05) is 21.0 Å². The Bertz CT molecular complexity index is 1710. The molecule has 51 heavy (non-hydrogen) atoms. The number of ether oxygens (including phenoxy) is 2. The highest BCUT2D eigenvalue weighted by atomic mass is 35.5. The van der Waals surface area contributed by atoms with Crippen molar-refractivity contribution in [3.63, 3.8) is 0 Å². The Morgan fingerprint density at radius 2 is 1.18 bits per heavy atom. The highest BCUT2D eigenvalue weighted by Gasteiger charge is 2.12. The molecule has 0 saturated heterocycles. The van der Waals surface area contributed by atoms with Crippen LogP contribution in [0.15, 0.2) is 61.2 Å². The predicted octanol–water partition coefficient (Wildman–Crippen LogP) is 6.84. The van der Waals surface area contributed by atoms with E-state index in [0.29, 0.717) is 70.7 Å². The van der Waals surface area contributed by atoms with Gasteiger partial charge in [0.1, 0.15) is 11.5 Å². The zero-order chi connectivity index (χ0) is 37.4. The second-order valence-electron chi connectivity index (χ2n) is 12.0. The number of anilines is 4. The molecule has 15 nitrogen and oxygen atoms in total. The Balaban J connectivity index is 0.000000276. The first kappa shape index (κ1) is 40.6. The molecule has 0 bridgehead atoms. The molecule has 0 spiro atoms. The number of hydrogen-bond donors (Lipinski definition) is 4. The van der Waals surface area contributed by atoms with E-state index in [1.54, 1.807) is 69.8 Å². The fourth-order valence-electron chi connectivity index (χ4n) is 4.10. The van der Waals surface area contributed by atoms with Crippen LogP contribution in [-0.2, 0) is 0 Å². The zero-order valence-electron chi connectivity index (χ0n) is 29.5. The van der Waals surface area contributed by atoms with Gasteiger partial charge in [-0.25, -0.2) is 19.6 Å². The zero-order valence-corrected chi connectivity index (χ0v) is 31.0. The van der Waals surface area contributed by atoms with E-state index in [9.17, 15) is 14.8 Å². The summed E-state index contributed by atoms with van der Waals surface area (Å²) >= 11 is 12.0. The minimum Gasteiger partial charge on any atom is -0.633 e. The summed E-state index contributed by atoms with van der Waals surface area (Å²) in [7, 11) is 7.17. The lowest BCUT2D eigenvalue weighted by Crippen LogP contribution is -2.33. The molecule has 274 valence electrons. The summed E-state index contributed by atoms with van der Waals surface area (Å²) in [6.07, 6.45) is 7.55. The number of amides is 4. The standard InChI is InChI=1S/C17H22ClN5O3.C17H22ClN5O2/c1-12-10-20-16(11-19-12)22-17(24)21-14-9-13(18)5-6-15(14)26-8-4-7-23(2,3)25;1-12-10-20-16(11-19-12)22-17(24)21-14-9-13(18)5-6-15(14)25-8-4-7-23(2)3/h5-6,9-11H,4,7-8H2,1-3H3,(H2,20,21,22,24);5-6,9-11H,4,7-8H2,1-3H3,(H2,20,21,22,24). The van der Waals surface area contributed by atoms with Gasteiger partial charge in [0.05, 0.1) is 81.4 Å². The lowest BCUT2D eigenvalue weighted by molar-refractivity contribution is -0.840. The second-order valence-corrected chi connectivity index (χ2v) is 12.9. The molecule has 2 aromatic heterocycles. The Labute approximate surface area is 307 Å². The van der Waals surface area contributed by atoms with E-state index in [2.05, 4.69) is 46.1 Å². The molecular weight excluding hydrogens is 699 g/mol. The van der Waals surface area contributed by atoms with Crippen LogP contribution in [0.25, 0.3) is 0 Å². The number of nitrogens with zero attached hydrogens (tertiary/aromatic N) is 6. The average molecular weight is 744 g/mol. The van der Waals surface area contributed by atoms with Gasteiger partial charge in [0.15, 0.2) is 11.6 Å². The second kappa shape index (κ2) is 20.1. The van der Waals surface area contributed by atoms with Crippen LogP contribution in [0, 0.1) is 19.1 Å². The molecule has 2 heterocycles. The van der Waals surface area contributed by atoms with Gasteiger partial charge < -0.3 is 34.9 Å². The molecule has 0 aliphatic carbocycles. The van der Waals surface area contributed by atoms with Gasteiger partial charge in [-0.1, -0.05) is 23.2 Å². The van der Waals surface area contributed by atoms with Crippen molar-refractivity contribution in [1.29, 1.82) is 0 Å². The third-order valence-electron chi connectivity index (χ3n) is 6.53. The molecule has 0 fully saturated rings. The SMILES string of the molecule is Cc1cnc(NC(=O)Nc2cc(Cl)ccc2OCCCN(C)C)cn1.Cc1cnc(NC(=O)Nc2cc(Cl)ccc2OCCC[N+](C)(C)[O-])cn1. The summed E-state index contributed by atoms with van der Waals surface area (Å²) in [5.41, 5.74) is 2.44. The molecule has 0 unspecified atom stereocenters. The van der Waals surface area contributed by atoms with Crippen LogP contribution in [0.1, 0.15) is 24.2 Å². The maximum Gasteiger partial charge on any atom is 0.325 e. The van der Waals surface area contributed by atoms with Crippen molar-refractivity contribution in [2.75, 3.05) is 75.8 Å². The number of carbonyl (C=O) groups is 2. The first-order chi connectivity index (χ1) is 24.2. The van der Waals surface area contributed by atoms with Gasteiger partial charge >= 0.3 is 12.1 Å². The van der Waals surface area contributed by atoms with Crippen molar-refractivity contribution in [1.82, 2.24) is 24.8 Å². The number of hydroxylamine groups is 3. The number of rotatable bonds is 14. The topological polar surface area (TPSA) is 179 Å². The molecular formula is C34H44Cl2N10O5. The van der Waals surface area contributed by atoms with Crippen molar-refractivity contribution in [3.05, 3.63) is 87.8 Å². The maximum absolute atomic E-state index is 12.2. The monoisotopic (exact) mass is 742 g/mol. The fourth-order valence-corrected chi connectivity index (χ4v) is 4.44. The van der Waals surface area contributed by atoms with Crippen LogP contribution in [0.2, 0.25) is 10.0 Å². The number of aromatic nitrogens is 4. The van der Waals surface area contributed by atoms with Crippen LogP contribution in [0.5, 0.6) is 11.5 Å². The van der Waals surface area contributed by atoms with Gasteiger partial charge in [0, 0.05) is 23.0 Å². The summed E-state index contributed by atoms with van der Waals surface area (Å²) in [5.74, 6) is 1.72. The van der Waals surface area contributed by atoms with Crippen molar-refractivity contribution < 1.29 is 23.7 Å². The van der Waals surface area contributed by atoms with Crippen molar-refractivity contribution in [2.24, 2.45) is 0 Å². The van der Waals surface area contributed by atoms with Crippen LogP contribution in [0.3, 0.4) is 0 Å². The Kier molecular flexibility index (Phi) is 16.1. The molecule has 0 radical (unpaired) electrons. The smallest absolute Gasteiger partial charge is 0.325 e. The molecule has 0 aliphatic heterocycles. The number of halogens is 2. The Morgan fingerprint density at radius 1 is 0.725 bits per heavy atom. The van der Waals surface area contributed by atoms with Crippen LogP contribution in [0.4, 0.5) is 32.6 Å². The molecule has 0 saturated carbocycles. The lowest BCUT2D eigenvalue weighted by Gasteiger charge is -2.33. The van der Waals surface area contributed by atoms with Gasteiger partial charge in [-0.2, -0.15) is 0 Å². The summed E-state index contributed by atoms with van der Waals surface area (Å²) < 4.78 is 11.1. The highest BCUT2D eigenvalue weighted by Crippen LogP contribution is 2.29. The largest absolute Gasteiger partial charge is 0.633 e. The molecule has 4 rings (SSSR count). The average Bonchev–Trinajstić information content (AvgIpc) is 3.05. The van der Waals surface area contributed by atoms with Crippen molar-refractivity contribution >= 4 is 58.3 Å². The third-order valence-corrected chi connectivity index (χ3v) is 7.00. The number of carbonyl (C=O) groups excluding carboxylic acids is 2. The summed E-state index contributed by atoms with van der Waals surface area (Å²) in [6.45, 7) is 5.87. The molecule has 4 N–H and O–H groups in total. The first-order valence-corrected chi connectivity index (χ1v) is 16.7. The number of hydrogen-bond acceptors (Lipinski definition) is 10. The summed E-state index contributed by atoms with van der Waals surface area (Å²) in [6, 6.07) is 9.08. The van der Waals surface area contributed by atoms with E-state index < -0.39 is 12.1 Å². The Morgan fingerprint density at radius 3 is 1.57 bits per heavy atom. The molecule has 4 aromatic rings. The van der Waals surface area contributed by atoms with Crippen molar-refractivity contribution in [3.8, 4) is 11.5 Å². The number of aryl methyl sites for hydroxylation is 2. The summed E-state index contributed by atoms with van der Waals surface area (Å²) in [4.78, 5) is 42.7. The fraction of sp³-hybridized carbons (Fsp3) is 0.353. The van der Waals surface area contributed by atoms with E-state index >= 15 is 0 Å². The molecule has 17 heteroatoms. The van der Waals surface area contributed by atoms with Gasteiger partial charge in [-0.3, -0.25) is 20.6 Å².